The summed E-state index contributed by atoms with van der Waals surface area (Å²) in [6.07, 6.45) is 0.399. The van der Waals surface area contributed by atoms with Crippen LogP contribution in [0.15, 0.2) is 0 Å². The number of amides is 1. The van der Waals surface area contributed by atoms with Gasteiger partial charge in [-0.2, -0.15) is 0 Å². The van der Waals surface area contributed by atoms with Crippen molar-refractivity contribution in [3.8, 4) is 0 Å². The summed E-state index contributed by atoms with van der Waals surface area (Å²) in [6, 6.07) is -0.396. The van der Waals surface area contributed by atoms with Crippen molar-refractivity contribution in [2.75, 3.05) is 13.2 Å². The normalized spacial score (nSPS) is 12.7. The van der Waals surface area contributed by atoms with E-state index in [1.165, 1.54) is 0 Å². The van der Waals surface area contributed by atoms with Gasteiger partial charge in [-0.05, 0) is 0 Å². The zero-order valence-electron chi connectivity index (χ0n) is 6.05. The molecule has 0 saturated heterocycles. The second kappa shape index (κ2) is 5.20. The Hall–Kier alpha value is -0.610. The van der Waals surface area contributed by atoms with Gasteiger partial charge in [-0.3, -0.25) is 4.79 Å². The number of carbonyl (C=O) groups excluding carboxylic acids is 1. The van der Waals surface area contributed by atoms with Crippen molar-refractivity contribution in [2.45, 2.75) is 19.4 Å². The van der Waals surface area contributed by atoms with E-state index in [4.69, 9.17) is 10.2 Å². The van der Waals surface area contributed by atoms with Crippen molar-refractivity contribution in [3.05, 3.63) is 0 Å². The van der Waals surface area contributed by atoms with Crippen LogP contribution in [0.25, 0.3) is 0 Å². The van der Waals surface area contributed by atoms with Crippen molar-refractivity contribution in [1.29, 1.82) is 0 Å². The fourth-order valence-corrected chi connectivity index (χ4v) is 0.491. The zero-order chi connectivity index (χ0) is 7.98. The van der Waals surface area contributed by atoms with Crippen LogP contribution in [0.1, 0.15) is 13.3 Å². The minimum atomic E-state index is -0.396. The first-order valence-corrected chi connectivity index (χ1v) is 3.29. The molecule has 0 radical (unpaired) electrons. The summed E-state index contributed by atoms with van der Waals surface area (Å²) in [5.41, 5.74) is 0. The van der Waals surface area contributed by atoms with Crippen LogP contribution in [0.3, 0.4) is 0 Å². The summed E-state index contributed by atoms with van der Waals surface area (Å²) < 4.78 is 0. The number of rotatable bonds is 4. The van der Waals surface area contributed by atoms with Crippen LogP contribution in [0.4, 0.5) is 0 Å². The monoisotopic (exact) mass is 148 g/mol. The van der Waals surface area contributed by atoms with Gasteiger partial charge in [-0.1, -0.05) is 6.92 Å². The van der Waals surface area contributed by atoms with E-state index in [2.05, 4.69) is 5.32 Å². The third kappa shape index (κ3) is 3.42. The van der Waals surface area contributed by atoms with E-state index in [0.29, 0.717) is 6.42 Å². The minimum Gasteiger partial charge on any atom is -0.444 e. The van der Waals surface area contributed by atoms with E-state index in [1.54, 1.807) is 6.92 Å². The number of hydrogen-bond acceptors (Lipinski definition) is 2. The molecule has 1 amide bonds. The maximum absolute atomic E-state index is 10.6. The molecule has 0 aliphatic heterocycles. The van der Waals surface area contributed by atoms with Crippen molar-refractivity contribution in [2.24, 2.45) is 0 Å². The molecule has 0 aliphatic rings. The summed E-state index contributed by atoms with van der Waals surface area (Å²) >= 11 is 0. The molecule has 0 aromatic carbocycles. The van der Waals surface area contributed by atoms with Gasteiger partial charge in [0.25, 0.3) is 0 Å². The van der Waals surface area contributed by atoms with Crippen LogP contribution in [0.5, 0.6) is 0 Å². The predicted octanol–water partition coefficient (Wildman–Crippen LogP) is -1.40. The highest BCUT2D eigenvalue weighted by atomic mass is 16.3. The maximum atomic E-state index is 10.6. The summed E-state index contributed by atoms with van der Waals surface area (Å²) in [6.45, 7) is 1.60. The fourth-order valence-electron chi connectivity index (χ4n) is 0.491. The van der Waals surface area contributed by atoms with Gasteiger partial charge in [-0.15, -0.1) is 0 Å². The molecule has 10 heavy (non-hydrogen) atoms. The van der Waals surface area contributed by atoms with E-state index >= 15 is 0 Å². The van der Waals surface area contributed by atoms with Crippen molar-refractivity contribution in [1.82, 2.24) is 5.32 Å². The molecule has 0 aromatic rings. The van der Waals surface area contributed by atoms with Crippen molar-refractivity contribution < 1.29 is 15.0 Å². The van der Waals surface area contributed by atoms with Crippen LogP contribution in [-0.2, 0) is 4.79 Å². The highest BCUT2D eigenvalue weighted by Crippen LogP contribution is 1.82. The molecule has 0 heterocycles. The Morgan fingerprint density at radius 1 is 1.80 bits per heavy atom. The molecule has 0 fully saturated rings. The van der Waals surface area contributed by atoms with Crippen LogP contribution in [-0.4, -0.2) is 35.4 Å². The van der Waals surface area contributed by atoms with E-state index in [9.17, 15) is 4.79 Å². The lowest BCUT2D eigenvalue weighted by atomic mass is 10.3. The van der Waals surface area contributed by atoms with Crippen LogP contribution >= 0.6 is 0 Å². The summed E-state index contributed by atoms with van der Waals surface area (Å²) in [5.74, 6) is -0.119. The van der Waals surface area contributed by atoms with Gasteiger partial charge in [0.05, 0.1) is 6.61 Å². The number of hydrogen-bond donors (Lipinski definition) is 2. The van der Waals surface area contributed by atoms with E-state index < -0.39 is 6.04 Å². The van der Waals surface area contributed by atoms with Crippen LogP contribution in [0, 0.1) is 0 Å². The van der Waals surface area contributed by atoms with Gasteiger partial charge in [-0.25, -0.2) is 0 Å². The molecule has 4 N–H and O–H groups in total. The first-order chi connectivity index (χ1) is 4.74. The Morgan fingerprint density at radius 3 is 2.70 bits per heavy atom. The highest BCUT2D eigenvalue weighted by molar-refractivity contribution is 5.75. The van der Waals surface area contributed by atoms with Crippen molar-refractivity contribution in [3.63, 3.8) is 0 Å². The molecule has 60 valence electrons. The van der Waals surface area contributed by atoms with Gasteiger partial charge < -0.3 is 15.5 Å². The topological polar surface area (TPSA) is 72.2 Å². The Labute approximate surface area is 59.9 Å². The number of nitrogens with one attached hydrogen (secondary N) is 1. The van der Waals surface area contributed by atoms with Gasteiger partial charge in [0.15, 0.2) is 6.61 Å². The zero-order valence-corrected chi connectivity index (χ0v) is 6.05. The third-order valence-corrected chi connectivity index (χ3v) is 1.15. The lowest BCUT2D eigenvalue weighted by Gasteiger charge is -2.09. The average molecular weight is 148 g/mol. The van der Waals surface area contributed by atoms with Gasteiger partial charge in [0.2, 0.25) is 5.91 Å². The predicted molar refractivity (Wildman–Crippen MR) is 37.8 cm³/mol. The van der Waals surface area contributed by atoms with Gasteiger partial charge in [0, 0.05) is 6.42 Å². The molecule has 4 nitrogen and oxygen atoms in total. The fraction of sp³-hybridized carbons (Fsp3) is 0.833. The third-order valence-electron chi connectivity index (χ3n) is 1.15. The number of aliphatic hydroxyl groups is 1. The highest BCUT2D eigenvalue weighted by Gasteiger charge is 2.09. The smallest absolute Gasteiger partial charge is 0.220 e. The second-order valence-electron chi connectivity index (χ2n) is 2.00. The molecular formula is C6H14NO3+. The van der Waals surface area contributed by atoms with Gasteiger partial charge in [0.1, 0.15) is 6.04 Å². The summed E-state index contributed by atoms with van der Waals surface area (Å²) in [4.78, 5) is 10.6. The molecule has 4 heteroatoms. The maximum Gasteiger partial charge on any atom is 0.220 e. The quantitative estimate of drug-likeness (QED) is 0.481. The molecule has 1 unspecified atom stereocenters. The Morgan fingerprint density at radius 2 is 2.40 bits per heavy atom. The Bertz CT molecular complexity index is 101. The molecule has 0 rings (SSSR count). The number of aliphatic hydroxyl groups excluding tert-OH is 1. The summed E-state index contributed by atoms with van der Waals surface area (Å²) in [5, 5.41) is 17.9. The van der Waals surface area contributed by atoms with E-state index in [0.717, 1.165) is 0 Å². The Kier molecular flexibility index (Phi) is 4.88. The number of carbonyl (C=O) groups is 1. The van der Waals surface area contributed by atoms with E-state index in [-0.39, 0.29) is 19.1 Å². The standard InChI is InChI=1S/C6H13NO3/c1-2-6(10)7-5(3-8)4-9/h5,8-9H,2-4H2,1H3,(H,7,10)/p+1. The molecule has 0 saturated carbocycles. The second-order valence-corrected chi connectivity index (χ2v) is 2.00. The molecule has 1 atom stereocenters. The molecule has 0 aliphatic carbocycles. The van der Waals surface area contributed by atoms with Crippen LogP contribution in [0.2, 0.25) is 0 Å². The van der Waals surface area contributed by atoms with Gasteiger partial charge >= 0.3 is 0 Å². The minimum absolute atomic E-state index is 0.0300. The molecule has 0 bridgehead atoms. The molecule has 0 aromatic heterocycles. The largest absolute Gasteiger partial charge is 0.444 e. The first-order valence-electron chi connectivity index (χ1n) is 3.29. The molecule has 0 spiro atoms. The first kappa shape index (κ1) is 9.39. The Balaban J connectivity index is 3.52. The lowest BCUT2D eigenvalue weighted by molar-refractivity contribution is -0.122. The lowest BCUT2D eigenvalue weighted by Crippen LogP contribution is -2.39. The van der Waals surface area contributed by atoms with Crippen molar-refractivity contribution >= 4 is 5.91 Å². The molecular weight excluding hydrogens is 134 g/mol. The average Bonchev–Trinajstić information content (AvgIpc) is 1.99. The summed E-state index contributed by atoms with van der Waals surface area (Å²) in [7, 11) is 0. The van der Waals surface area contributed by atoms with Crippen LogP contribution < -0.4 is 5.32 Å². The van der Waals surface area contributed by atoms with E-state index in [1.807, 2.05) is 0 Å². The SMILES string of the molecule is CCC(=O)NC(CO)C[OH2+].